The van der Waals surface area contributed by atoms with Crippen LogP contribution in [0.3, 0.4) is 0 Å². The van der Waals surface area contributed by atoms with Gasteiger partial charge in [0.05, 0.1) is 19.9 Å². The SMILES string of the molecule is COc1ccc(-c2cc(=O)[nH]c(=S)n2CC(N)=O)cc1OC. The van der Waals surface area contributed by atoms with E-state index in [2.05, 4.69) is 4.98 Å². The van der Waals surface area contributed by atoms with Crippen molar-refractivity contribution in [1.82, 2.24) is 9.55 Å². The van der Waals surface area contributed by atoms with Crippen molar-refractivity contribution in [2.75, 3.05) is 14.2 Å². The topological polar surface area (TPSA) is 99.3 Å². The molecule has 0 aliphatic rings. The Kier molecular flexibility index (Phi) is 4.62. The molecule has 7 nitrogen and oxygen atoms in total. The number of carbonyl (C=O) groups is 1. The lowest BCUT2D eigenvalue weighted by Gasteiger charge is -2.14. The highest BCUT2D eigenvalue weighted by atomic mass is 32.1. The van der Waals surface area contributed by atoms with Gasteiger partial charge in [-0.15, -0.1) is 0 Å². The highest BCUT2D eigenvalue weighted by molar-refractivity contribution is 7.71. The molecule has 0 saturated heterocycles. The summed E-state index contributed by atoms with van der Waals surface area (Å²) in [4.78, 5) is 25.4. The molecule has 2 rings (SSSR count). The number of methoxy groups -OCH3 is 2. The van der Waals surface area contributed by atoms with Crippen molar-refractivity contribution in [1.29, 1.82) is 0 Å². The number of nitrogens with two attached hydrogens (primary N) is 1. The molecule has 0 aliphatic heterocycles. The quantitative estimate of drug-likeness (QED) is 0.803. The molecule has 22 heavy (non-hydrogen) atoms. The van der Waals surface area contributed by atoms with Gasteiger partial charge < -0.3 is 19.8 Å². The van der Waals surface area contributed by atoms with E-state index in [4.69, 9.17) is 27.4 Å². The first-order chi connectivity index (χ1) is 10.5. The Morgan fingerprint density at radius 1 is 1.27 bits per heavy atom. The normalized spacial score (nSPS) is 10.3. The highest BCUT2D eigenvalue weighted by Gasteiger charge is 2.12. The zero-order chi connectivity index (χ0) is 16.3. The number of nitrogens with one attached hydrogen (secondary N) is 1. The fraction of sp³-hybridized carbons (Fsp3) is 0.214. The minimum Gasteiger partial charge on any atom is -0.493 e. The summed E-state index contributed by atoms with van der Waals surface area (Å²) in [6.45, 7) is -0.140. The average Bonchev–Trinajstić information content (AvgIpc) is 2.48. The van der Waals surface area contributed by atoms with E-state index in [0.29, 0.717) is 22.8 Å². The predicted molar refractivity (Wildman–Crippen MR) is 83.6 cm³/mol. The Morgan fingerprint density at radius 2 is 1.95 bits per heavy atom. The Morgan fingerprint density at radius 3 is 2.55 bits per heavy atom. The Labute approximate surface area is 131 Å². The van der Waals surface area contributed by atoms with Gasteiger partial charge in [-0.3, -0.25) is 14.6 Å². The molecule has 0 saturated carbocycles. The number of aromatic amines is 1. The number of H-pyrrole nitrogens is 1. The number of primary amides is 1. The number of rotatable bonds is 5. The van der Waals surface area contributed by atoms with Gasteiger partial charge in [-0.2, -0.15) is 0 Å². The maximum Gasteiger partial charge on any atom is 0.252 e. The summed E-state index contributed by atoms with van der Waals surface area (Å²) in [6, 6.07) is 6.48. The average molecular weight is 321 g/mol. The van der Waals surface area contributed by atoms with E-state index in [-0.39, 0.29) is 16.9 Å². The third kappa shape index (κ3) is 3.17. The monoisotopic (exact) mass is 321 g/mol. The Bertz CT molecular complexity index is 826. The second kappa shape index (κ2) is 6.44. The number of hydrogen-bond acceptors (Lipinski definition) is 5. The third-order valence-corrected chi connectivity index (χ3v) is 3.35. The van der Waals surface area contributed by atoms with E-state index >= 15 is 0 Å². The van der Waals surface area contributed by atoms with Crippen LogP contribution in [0.25, 0.3) is 11.3 Å². The van der Waals surface area contributed by atoms with Crippen LogP contribution in [0.15, 0.2) is 29.1 Å². The maximum atomic E-state index is 11.7. The molecule has 1 aromatic carbocycles. The van der Waals surface area contributed by atoms with Gasteiger partial charge in [-0.05, 0) is 30.4 Å². The highest BCUT2D eigenvalue weighted by Crippen LogP contribution is 2.31. The zero-order valence-electron chi connectivity index (χ0n) is 12.1. The first-order valence-corrected chi connectivity index (χ1v) is 6.72. The lowest BCUT2D eigenvalue weighted by atomic mass is 10.1. The minimum absolute atomic E-state index is 0.121. The molecule has 0 radical (unpaired) electrons. The lowest BCUT2D eigenvalue weighted by Crippen LogP contribution is -2.23. The van der Waals surface area contributed by atoms with Crippen molar-refractivity contribution in [2.24, 2.45) is 5.73 Å². The number of hydrogen-bond donors (Lipinski definition) is 2. The van der Waals surface area contributed by atoms with E-state index in [1.165, 1.54) is 24.9 Å². The van der Waals surface area contributed by atoms with Crippen LogP contribution in [0, 0.1) is 4.77 Å². The van der Waals surface area contributed by atoms with Crippen molar-refractivity contribution >= 4 is 18.1 Å². The van der Waals surface area contributed by atoms with Crippen LogP contribution in [0.4, 0.5) is 0 Å². The molecule has 2 aromatic rings. The molecule has 0 atom stereocenters. The van der Waals surface area contributed by atoms with Gasteiger partial charge in [0.1, 0.15) is 6.54 Å². The summed E-state index contributed by atoms with van der Waals surface area (Å²) in [5.41, 5.74) is 5.99. The summed E-state index contributed by atoms with van der Waals surface area (Å²) in [5, 5.41) is 0. The van der Waals surface area contributed by atoms with Crippen molar-refractivity contribution in [3.05, 3.63) is 39.4 Å². The smallest absolute Gasteiger partial charge is 0.252 e. The molecule has 116 valence electrons. The van der Waals surface area contributed by atoms with Crippen LogP contribution in [-0.4, -0.2) is 29.7 Å². The Balaban J connectivity index is 2.68. The molecule has 8 heteroatoms. The summed E-state index contributed by atoms with van der Waals surface area (Å²) in [5.74, 6) is 0.484. The molecule has 0 spiro atoms. The molecule has 0 aliphatic carbocycles. The van der Waals surface area contributed by atoms with Gasteiger partial charge in [0.2, 0.25) is 5.91 Å². The number of nitrogens with zero attached hydrogens (tertiary/aromatic N) is 1. The van der Waals surface area contributed by atoms with Gasteiger partial charge in [0, 0.05) is 11.6 Å². The van der Waals surface area contributed by atoms with Crippen LogP contribution in [-0.2, 0) is 11.3 Å². The predicted octanol–water partition coefficient (Wildman–Crippen LogP) is 1.08. The standard InChI is InChI=1S/C14H15N3O4S/c1-20-10-4-3-8(5-11(10)21-2)9-6-13(19)16-14(22)17(9)7-12(15)18/h3-6H,7H2,1-2H3,(H2,15,18)(H,16,19,22). The van der Waals surface area contributed by atoms with Gasteiger partial charge in [-0.25, -0.2) is 0 Å². The van der Waals surface area contributed by atoms with E-state index in [1.54, 1.807) is 18.2 Å². The van der Waals surface area contributed by atoms with E-state index in [9.17, 15) is 9.59 Å². The third-order valence-electron chi connectivity index (χ3n) is 3.03. The van der Waals surface area contributed by atoms with Crippen molar-refractivity contribution in [3.63, 3.8) is 0 Å². The number of amides is 1. The maximum absolute atomic E-state index is 11.7. The molecule has 0 bridgehead atoms. The van der Waals surface area contributed by atoms with E-state index in [1.807, 2.05) is 0 Å². The largest absolute Gasteiger partial charge is 0.493 e. The van der Waals surface area contributed by atoms with Crippen LogP contribution in [0.2, 0.25) is 0 Å². The molecule has 1 heterocycles. The number of benzene rings is 1. The van der Waals surface area contributed by atoms with Crippen LogP contribution in [0.5, 0.6) is 11.5 Å². The summed E-state index contributed by atoms with van der Waals surface area (Å²) >= 11 is 5.10. The molecule has 0 fully saturated rings. The molecular formula is C14H15N3O4S. The minimum atomic E-state index is -0.565. The first kappa shape index (κ1) is 15.8. The fourth-order valence-electron chi connectivity index (χ4n) is 2.07. The molecule has 1 amide bonds. The van der Waals surface area contributed by atoms with Crippen molar-refractivity contribution in [3.8, 4) is 22.8 Å². The summed E-state index contributed by atoms with van der Waals surface area (Å²) in [7, 11) is 3.04. The van der Waals surface area contributed by atoms with Crippen molar-refractivity contribution < 1.29 is 14.3 Å². The van der Waals surface area contributed by atoms with Crippen LogP contribution in [0.1, 0.15) is 0 Å². The van der Waals surface area contributed by atoms with Crippen LogP contribution < -0.4 is 20.8 Å². The van der Waals surface area contributed by atoms with Crippen molar-refractivity contribution in [2.45, 2.75) is 6.54 Å². The zero-order valence-corrected chi connectivity index (χ0v) is 12.9. The molecule has 0 unspecified atom stereocenters. The van der Waals surface area contributed by atoms with E-state index < -0.39 is 5.91 Å². The Hall–Kier alpha value is -2.61. The van der Waals surface area contributed by atoms with Gasteiger partial charge in [0.25, 0.3) is 5.56 Å². The molecule has 3 N–H and O–H groups in total. The van der Waals surface area contributed by atoms with Crippen LogP contribution >= 0.6 is 12.2 Å². The van der Waals surface area contributed by atoms with E-state index in [0.717, 1.165) is 0 Å². The molecular weight excluding hydrogens is 306 g/mol. The molecule has 1 aromatic heterocycles. The lowest BCUT2D eigenvalue weighted by molar-refractivity contribution is -0.118. The van der Waals surface area contributed by atoms with Gasteiger partial charge in [-0.1, -0.05) is 0 Å². The summed E-state index contributed by atoms with van der Waals surface area (Å²) in [6.07, 6.45) is 0. The van der Waals surface area contributed by atoms with Gasteiger partial charge >= 0.3 is 0 Å². The number of carbonyl (C=O) groups excluding carboxylic acids is 1. The first-order valence-electron chi connectivity index (χ1n) is 6.31. The fourth-order valence-corrected chi connectivity index (χ4v) is 2.33. The summed E-state index contributed by atoms with van der Waals surface area (Å²) < 4.78 is 12.0. The van der Waals surface area contributed by atoms with Gasteiger partial charge in [0.15, 0.2) is 16.3 Å². The number of ether oxygens (including phenoxy) is 2. The second-order valence-electron chi connectivity index (χ2n) is 4.45. The second-order valence-corrected chi connectivity index (χ2v) is 4.83. The number of aromatic nitrogens is 2.